The summed E-state index contributed by atoms with van der Waals surface area (Å²) >= 11 is 0. The van der Waals surface area contributed by atoms with Crippen LogP contribution in [0, 0.1) is 29.1 Å². The second-order valence-corrected chi connectivity index (χ2v) is 7.65. The zero-order valence-corrected chi connectivity index (χ0v) is 14.7. The molecule has 0 aliphatic heterocycles. The Morgan fingerprint density at radius 3 is 2.19 bits per heavy atom. The molecule has 0 aromatic carbocycles. The van der Waals surface area contributed by atoms with Gasteiger partial charge < -0.3 is 9.47 Å². The normalized spacial score (nSPS) is 31.7. The zero-order valence-electron chi connectivity index (χ0n) is 14.7. The lowest BCUT2D eigenvalue weighted by atomic mass is 9.54. The van der Waals surface area contributed by atoms with Crippen molar-refractivity contribution >= 4 is 0 Å². The third-order valence-corrected chi connectivity index (χ3v) is 6.73. The molecule has 2 heteroatoms. The van der Waals surface area contributed by atoms with Crippen molar-refractivity contribution in [3.05, 3.63) is 0 Å². The largest absolute Gasteiger partial charge is 0.384 e. The Hall–Kier alpha value is -0.0800. The SMILES string of the molecule is CCC(C)C(COC)(COC)C1CCCC2CCCCC21. The lowest BCUT2D eigenvalue weighted by Crippen LogP contribution is -2.50. The van der Waals surface area contributed by atoms with Crippen molar-refractivity contribution in [3.63, 3.8) is 0 Å². The van der Waals surface area contributed by atoms with Gasteiger partial charge in [-0.15, -0.1) is 0 Å². The molecule has 21 heavy (non-hydrogen) atoms. The molecule has 0 spiro atoms. The van der Waals surface area contributed by atoms with Crippen molar-refractivity contribution in [1.82, 2.24) is 0 Å². The second-order valence-electron chi connectivity index (χ2n) is 7.65. The van der Waals surface area contributed by atoms with Gasteiger partial charge in [-0.1, -0.05) is 52.4 Å². The molecule has 0 aromatic rings. The summed E-state index contributed by atoms with van der Waals surface area (Å²) in [4.78, 5) is 0. The molecule has 2 aliphatic carbocycles. The molecule has 0 N–H and O–H groups in total. The van der Waals surface area contributed by atoms with E-state index in [1.165, 1.54) is 51.4 Å². The summed E-state index contributed by atoms with van der Waals surface area (Å²) in [5.74, 6) is 3.37. The number of hydrogen-bond acceptors (Lipinski definition) is 2. The van der Waals surface area contributed by atoms with Crippen LogP contribution < -0.4 is 0 Å². The highest BCUT2D eigenvalue weighted by Gasteiger charge is 2.49. The van der Waals surface area contributed by atoms with Crippen LogP contribution in [0.4, 0.5) is 0 Å². The highest BCUT2D eigenvalue weighted by molar-refractivity contribution is 4.98. The Morgan fingerprint density at radius 1 is 0.952 bits per heavy atom. The fourth-order valence-electron chi connectivity index (χ4n) is 5.50. The Morgan fingerprint density at radius 2 is 1.57 bits per heavy atom. The van der Waals surface area contributed by atoms with Crippen LogP contribution >= 0.6 is 0 Å². The van der Waals surface area contributed by atoms with Crippen LogP contribution in [-0.4, -0.2) is 27.4 Å². The molecular weight excluding hydrogens is 260 g/mol. The molecule has 4 unspecified atom stereocenters. The summed E-state index contributed by atoms with van der Waals surface area (Å²) in [5, 5.41) is 0. The number of hydrogen-bond donors (Lipinski definition) is 0. The smallest absolute Gasteiger partial charge is 0.0546 e. The highest BCUT2D eigenvalue weighted by Crippen LogP contribution is 2.53. The van der Waals surface area contributed by atoms with Crippen LogP contribution in [-0.2, 0) is 9.47 Å². The van der Waals surface area contributed by atoms with Crippen molar-refractivity contribution in [2.75, 3.05) is 27.4 Å². The minimum Gasteiger partial charge on any atom is -0.384 e. The second kappa shape index (κ2) is 7.97. The van der Waals surface area contributed by atoms with E-state index in [1.54, 1.807) is 0 Å². The Labute approximate surface area is 132 Å². The Bertz CT molecular complexity index is 294. The molecule has 0 bridgehead atoms. The van der Waals surface area contributed by atoms with E-state index in [9.17, 15) is 0 Å². The number of fused-ring (bicyclic) bond motifs is 1. The summed E-state index contributed by atoms with van der Waals surface area (Å²) in [6, 6.07) is 0. The van der Waals surface area contributed by atoms with Crippen molar-refractivity contribution in [3.8, 4) is 0 Å². The maximum Gasteiger partial charge on any atom is 0.0546 e. The summed E-state index contributed by atoms with van der Waals surface area (Å²) in [6.07, 6.45) is 11.3. The molecular formula is C19H36O2. The van der Waals surface area contributed by atoms with Crippen molar-refractivity contribution < 1.29 is 9.47 Å². The Balaban J connectivity index is 2.28. The molecule has 124 valence electrons. The summed E-state index contributed by atoms with van der Waals surface area (Å²) < 4.78 is 11.5. The molecule has 2 saturated carbocycles. The van der Waals surface area contributed by atoms with E-state index in [4.69, 9.17) is 9.47 Å². The molecule has 0 radical (unpaired) electrons. The van der Waals surface area contributed by atoms with E-state index in [0.717, 1.165) is 31.0 Å². The molecule has 0 saturated heterocycles. The van der Waals surface area contributed by atoms with Crippen LogP contribution in [0.3, 0.4) is 0 Å². The first kappa shape index (κ1) is 17.3. The summed E-state index contributed by atoms with van der Waals surface area (Å²) in [7, 11) is 3.74. The molecule has 2 fully saturated rings. The first-order valence-corrected chi connectivity index (χ1v) is 9.17. The number of methoxy groups -OCH3 is 2. The van der Waals surface area contributed by atoms with Crippen LogP contribution in [0.2, 0.25) is 0 Å². The highest BCUT2D eigenvalue weighted by atomic mass is 16.5. The fraction of sp³-hybridized carbons (Fsp3) is 1.00. The topological polar surface area (TPSA) is 18.5 Å². The lowest BCUT2D eigenvalue weighted by molar-refractivity contribution is -0.109. The van der Waals surface area contributed by atoms with Gasteiger partial charge in [-0.25, -0.2) is 0 Å². The fourth-order valence-corrected chi connectivity index (χ4v) is 5.50. The predicted molar refractivity (Wildman–Crippen MR) is 88.4 cm³/mol. The van der Waals surface area contributed by atoms with Crippen LogP contribution in [0.15, 0.2) is 0 Å². The van der Waals surface area contributed by atoms with E-state index >= 15 is 0 Å². The van der Waals surface area contributed by atoms with Crippen LogP contribution in [0.1, 0.15) is 65.2 Å². The average molecular weight is 296 g/mol. The molecule has 2 nitrogen and oxygen atoms in total. The van der Waals surface area contributed by atoms with E-state index in [2.05, 4.69) is 13.8 Å². The molecule has 4 atom stereocenters. The van der Waals surface area contributed by atoms with E-state index in [0.29, 0.717) is 5.92 Å². The van der Waals surface area contributed by atoms with E-state index in [1.807, 2.05) is 14.2 Å². The van der Waals surface area contributed by atoms with Crippen molar-refractivity contribution in [1.29, 1.82) is 0 Å². The third kappa shape index (κ3) is 3.47. The molecule has 0 aromatic heterocycles. The molecule has 0 amide bonds. The Kier molecular flexibility index (Phi) is 6.55. The van der Waals surface area contributed by atoms with Crippen LogP contribution in [0.25, 0.3) is 0 Å². The monoisotopic (exact) mass is 296 g/mol. The van der Waals surface area contributed by atoms with Gasteiger partial charge in [0.15, 0.2) is 0 Å². The van der Waals surface area contributed by atoms with E-state index < -0.39 is 0 Å². The van der Waals surface area contributed by atoms with Gasteiger partial charge in [-0.2, -0.15) is 0 Å². The maximum absolute atomic E-state index is 5.74. The first-order valence-electron chi connectivity index (χ1n) is 9.17. The molecule has 2 aliphatic rings. The average Bonchev–Trinajstić information content (AvgIpc) is 2.53. The van der Waals surface area contributed by atoms with Crippen molar-refractivity contribution in [2.45, 2.75) is 65.2 Å². The lowest BCUT2D eigenvalue weighted by Gasteiger charge is -2.53. The van der Waals surface area contributed by atoms with Gasteiger partial charge in [0.1, 0.15) is 0 Å². The van der Waals surface area contributed by atoms with Gasteiger partial charge in [-0.3, -0.25) is 0 Å². The quantitative estimate of drug-likeness (QED) is 0.664. The minimum absolute atomic E-state index is 0.221. The van der Waals surface area contributed by atoms with Crippen molar-refractivity contribution in [2.24, 2.45) is 29.1 Å². The van der Waals surface area contributed by atoms with Gasteiger partial charge >= 0.3 is 0 Å². The van der Waals surface area contributed by atoms with Gasteiger partial charge in [0.05, 0.1) is 13.2 Å². The third-order valence-electron chi connectivity index (χ3n) is 6.73. The molecule has 0 heterocycles. The van der Waals surface area contributed by atoms with Gasteiger partial charge in [0.25, 0.3) is 0 Å². The van der Waals surface area contributed by atoms with Gasteiger partial charge in [0.2, 0.25) is 0 Å². The number of rotatable bonds is 7. The summed E-state index contributed by atoms with van der Waals surface area (Å²) in [5.41, 5.74) is 0.221. The van der Waals surface area contributed by atoms with Crippen LogP contribution in [0.5, 0.6) is 0 Å². The standard InChI is InChI=1S/C19H36O2/c1-5-15(2)19(13-20-3,14-21-4)18-12-8-10-16-9-6-7-11-17(16)18/h15-18H,5-14H2,1-4H3. The van der Waals surface area contributed by atoms with Gasteiger partial charge in [-0.05, 0) is 36.5 Å². The zero-order chi connectivity index (χ0) is 15.3. The number of ether oxygens (including phenoxy) is 2. The van der Waals surface area contributed by atoms with Gasteiger partial charge in [0, 0.05) is 19.6 Å². The molecule has 2 rings (SSSR count). The summed E-state index contributed by atoms with van der Waals surface area (Å²) in [6.45, 7) is 6.48. The van der Waals surface area contributed by atoms with E-state index in [-0.39, 0.29) is 5.41 Å². The minimum atomic E-state index is 0.221. The maximum atomic E-state index is 5.74. The predicted octanol–water partition coefficient (Wildman–Crippen LogP) is 4.92. The first-order chi connectivity index (χ1) is 10.2.